The number of carbonyl (C=O) groups excluding carboxylic acids is 1. The molecule has 2 nitrogen and oxygen atoms in total. The Kier molecular flexibility index (Phi) is 4.44. The minimum absolute atomic E-state index is 0.199. The molecule has 0 radical (unpaired) electrons. The fourth-order valence-electron chi connectivity index (χ4n) is 2.76. The van der Waals surface area contributed by atoms with Crippen LogP contribution in [0.5, 0.6) is 0 Å². The van der Waals surface area contributed by atoms with Gasteiger partial charge in [0.15, 0.2) is 0 Å². The molecule has 0 spiro atoms. The van der Waals surface area contributed by atoms with Crippen molar-refractivity contribution in [2.24, 2.45) is 5.92 Å². The van der Waals surface area contributed by atoms with E-state index in [1.54, 1.807) is 0 Å². The van der Waals surface area contributed by atoms with E-state index in [0.717, 1.165) is 19.4 Å². The molecule has 1 atom stereocenters. The second kappa shape index (κ2) is 5.87. The second-order valence-corrected chi connectivity index (χ2v) is 5.83. The normalized spacial score (nSPS) is 19.6. The van der Waals surface area contributed by atoms with E-state index in [-0.39, 0.29) is 5.91 Å². The van der Waals surface area contributed by atoms with Crippen molar-refractivity contribution in [2.75, 3.05) is 5.33 Å². The number of nitrogens with zero attached hydrogens (tertiary/aromatic N) is 1. The Morgan fingerprint density at radius 2 is 2.06 bits per heavy atom. The van der Waals surface area contributed by atoms with Crippen molar-refractivity contribution >= 4 is 21.8 Å². The molecule has 1 heterocycles. The molecule has 0 saturated carbocycles. The third-order valence-corrected chi connectivity index (χ3v) is 4.25. The van der Waals surface area contributed by atoms with E-state index < -0.39 is 0 Å². The van der Waals surface area contributed by atoms with Crippen molar-refractivity contribution in [3.63, 3.8) is 0 Å². The van der Waals surface area contributed by atoms with Gasteiger partial charge in [-0.3, -0.25) is 4.79 Å². The minimum Gasteiger partial charge on any atom is -0.334 e. The number of fused-ring (bicyclic) bond motifs is 1. The summed E-state index contributed by atoms with van der Waals surface area (Å²) in [6, 6.07) is 8.83. The number of carbonyl (C=O) groups is 1. The van der Waals surface area contributed by atoms with Crippen LogP contribution < -0.4 is 0 Å². The molecular weight excluding hydrogens is 290 g/mol. The Morgan fingerprint density at radius 3 is 2.67 bits per heavy atom. The topological polar surface area (TPSA) is 20.3 Å². The number of amides is 1. The SMILES string of the molecule is CC(C)[C@H]1CCc2ccccc2CN1C(=O)CBr. The average molecular weight is 310 g/mol. The van der Waals surface area contributed by atoms with E-state index >= 15 is 0 Å². The summed E-state index contributed by atoms with van der Waals surface area (Å²) in [5.41, 5.74) is 2.70. The number of alkyl halides is 1. The van der Waals surface area contributed by atoms with Crippen molar-refractivity contribution in [3.05, 3.63) is 35.4 Å². The highest BCUT2D eigenvalue weighted by atomic mass is 79.9. The predicted molar refractivity (Wildman–Crippen MR) is 77.7 cm³/mol. The van der Waals surface area contributed by atoms with Gasteiger partial charge >= 0.3 is 0 Å². The van der Waals surface area contributed by atoms with Gasteiger partial charge in [-0.05, 0) is 29.9 Å². The van der Waals surface area contributed by atoms with Crippen LogP contribution in [0.4, 0.5) is 0 Å². The molecule has 1 aliphatic rings. The molecule has 0 N–H and O–H groups in total. The van der Waals surface area contributed by atoms with Gasteiger partial charge in [0, 0.05) is 12.6 Å². The van der Waals surface area contributed by atoms with Gasteiger partial charge in [-0.2, -0.15) is 0 Å². The molecule has 1 amide bonds. The quantitative estimate of drug-likeness (QED) is 0.767. The number of halogens is 1. The van der Waals surface area contributed by atoms with E-state index in [4.69, 9.17) is 0 Å². The van der Waals surface area contributed by atoms with E-state index in [0.29, 0.717) is 17.3 Å². The highest BCUT2D eigenvalue weighted by molar-refractivity contribution is 9.09. The molecule has 0 aliphatic carbocycles. The summed E-state index contributed by atoms with van der Waals surface area (Å²) in [5.74, 6) is 0.702. The van der Waals surface area contributed by atoms with Gasteiger partial charge in [-0.15, -0.1) is 0 Å². The third kappa shape index (κ3) is 2.77. The predicted octanol–water partition coefficient (Wildman–Crippen LogP) is 3.38. The molecule has 0 fully saturated rings. The fraction of sp³-hybridized carbons (Fsp3) is 0.533. The van der Waals surface area contributed by atoms with Gasteiger partial charge < -0.3 is 4.90 Å². The summed E-state index contributed by atoms with van der Waals surface area (Å²) >= 11 is 3.30. The molecule has 0 unspecified atom stereocenters. The number of rotatable bonds is 2. The zero-order valence-electron chi connectivity index (χ0n) is 11.0. The highest BCUT2D eigenvalue weighted by Gasteiger charge is 2.28. The van der Waals surface area contributed by atoms with E-state index in [9.17, 15) is 4.79 Å². The molecule has 2 rings (SSSR count). The van der Waals surface area contributed by atoms with Gasteiger partial charge in [0.2, 0.25) is 5.91 Å². The third-order valence-electron chi connectivity index (χ3n) is 3.77. The monoisotopic (exact) mass is 309 g/mol. The van der Waals surface area contributed by atoms with Crippen LogP contribution in [0.25, 0.3) is 0 Å². The van der Waals surface area contributed by atoms with Crippen LogP contribution in [0.3, 0.4) is 0 Å². The van der Waals surface area contributed by atoms with Crippen LogP contribution in [0.2, 0.25) is 0 Å². The second-order valence-electron chi connectivity index (χ2n) is 5.27. The first kappa shape index (κ1) is 13.6. The number of hydrogen-bond acceptors (Lipinski definition) is 1. The van der Waals surface area contributed by atoms with Gasteiger partial charge in [0.1, 0.15) is 0 Å². The zero-order chi connectivity index (χ0) is 13.1. The molecule has 1 aromatic rings. The van der Waals surface area contributed by atoms with Gasteiger partial charge in [-0.1, -0.05) is 54.0 Å². The molecule has 0 saturated heterocycles. The summed E-state index contributed by atoms with van der Waals surface area (Å²) < 4.78 is 0. The number of benzene rings is 1. The van der Waals surface area contributed by atoms with Gasteiger partial charge in [0.25, 0.3) is 0 Å². The summed E-state index contributed by atoms with van der Waals surface area (Å²) in [6.45, 7) is 5.16. The van der Waals surface area contributed by atoms with Crippen molar-refractivity contribution in [3.8, 4) is 0 Å². The molecule has 18 heavy (non-hydrogen) atoms. The molecule has 1 aromatic carbocycles. The van der Waals surface area contributed by atoms with Gasteiger partial charge in [-0.25, -0.2) is 0 Å². The summed E-state index contributed by atoms with van der Waals surface area (Å²) in [6.07, 6.45) is 2.14. The Morgan fingerprint density at radius 1 is 1.39 bits per heavy atom. The van der Waals surface area contributed by atoms with Crippen molar-refractivity contribution < 1.29 is 4.79 Å². The first-order chi connectivity index (χ1) is 8.63. The Hall–Kier alpha value is -0.830. The fourth-order valence-corrected chi connectivity index (χ4v) is 3.08. The maximum Gasteiger partial charge on any atom is 0.233 e. The minimum atomic E-state index is 0.199. The van der Waals surface area contributed by atoms with Crippen LogP contribution in [0, 0.1) is 5.92 Å². The van der Waals surface area contributed by atoms with Crippen LogP contribution in [0.15, 0.2) is 24.3 Å². The zero-order valence-corrected chi connectivity index (χ0v) is 12.6. The maximum absolute atomic E-state index is 12.1. The van der Waals surface area contributed by atoms with E-state index in [1.807, 2.05) is 4.90 Å². The first-order valence-corrected chi connectivity index (χ1v) is 7.68. The molecule has 98 valence electrons. The van der Waals surface area contributed by atoms with Crippen molar-refractivity contribution in [1.82, 2.24) is 4.90 Å². The first-order valence-electron chi connectivity index (χ1n) is 6.55. The maximum atomic E-state index is 12.1. The van der Waals surface area contributed by atoms with Crippen molar-refractivity contribution in [2.45, 2.75) is 39.3 Å². The van der Waals surface area contributed by atoms with Gasteiger partial charge in [0.05, 0.1) is 5.33 Å². The molecule has 1 aliphatic heterocycles. The lowest BCUT2D eigenvalue weighted by Gasteiger charge is -2.32. The Balaban J connectivity index is 2.31. The summed E-state index contributed by atoms with van der Waals surface area (Å²) in [4.78, 5) is 14.2. The average Bonchev–Trinajstić information content (AvgIpc) is 2.57. The molecule has 0 aromatic heterocycles. The number of aryl methyl sites for hydroxylation is 1. The molecule has 0 bridgehead atoms. The van der Waals surface area contributed by atoms with E-state index in [1.165, 1.54) is 11.1 Å². The molecule has 3 heteroatoms. The Labute approximate surface area is 117 Å². The highest BCUT2D eigenvalue weighted by Crippen LogP contribution is 2.26. The van der Waals surface area contributed by atoms with Crippen LogP contribution in [-0.2, 0) is 17.8 Å². The van der Waals surface area contributed by atoms with Crippen LogP contribution >= 0.6 is 15.9 Å². The Bertz CT molecular complexity index is 430. The van der Waals surface area contributed by atoms with Crippen LogP contribution in [0.1, 0.15) is 31.4 Å². The largest absolute Gasteiger partial charge is 0.334 e. The smallest absolute Gasteiger partial charge is 0.233 e. The lowest BCUT2D eigenvalue weighted by atomic mass is 9.96. The standard InChI is InChI=1S/C15H20BrNO/c1-11(2)14-8-7-12-5-3-4-6-13(12)10-17(14)15(18)9-16/h3-6,11,14H,7-10H2,1-2H3/t14-/m1/s1. The van der Waals surface area contributed by atoms with E-state index in [2.05, 4.69) is 54.0 Å². The van der Waals surface area contributed by atoms with Crippen molar-refractivity contribution in [1.29, 1.82) is 0 Å². The lowest BCUT2D eigenvalue weighted by molar-refractivity contribution is -0.132. The molecular formula is C15H20BrNO. The van der Waals surface area contributed by atoms with Crippen LogP contribution in [-0.4, -0.2) is 22.2 Å². The summed E-state index contributed by atoms with van der Waals surface area (Å²) in [7, 11) is 0. The number of hydrogen-bond donors (Lipinski definition) is 0. The summed E-state index contributed by atoms with van der Waals surface area (Å²) in [5, 5.41) is 0.415. The lowest BCUT2D eigenvalue weighted by Crippen LogP contribution is -2.42.